The summed E-state index contributed by atoms with van der Waals surface area (Å²) in [6.07, 6.45) is 2.52. The highest BCUT2D eigenvalue weighted by Crippen LogP contribution is 2.30. The van der Waals surface area contributed by atoms with Crippen LogP contribution in [0.4, 0.5) is 5.69 Å². The van der Waals surface area contributed by atoms with Crippen molar-refractivity contribution in [3.05, 3.63) is 30.0 Å². The smallest absolute Gasteiger partial charge is 0.279 e. The van der Waals surface area contributed by atoms with Gasteiger partial charge >= 0.3 is 0 Å². The van der Waals surface area contributed by atoms with E-state index in [0.29, 0.717) is 5.56 Å². The van der Waals surface area contributed by atoms with Crippen LogP contribution in [-0.4, -0.2) is 39.5 Å². The first-order valence-electron chi connectivity index (χ1n) is 7.04. The number of nitrogens with zero attached hydrogens (tertiary/aromatic N) is 2. The minimum Gasteiger partial charge on any atom is -0.492 e. The largest absolute Gasteiger partial charge is 0.492 e. The van der Waals surface area contributed by atoms with Crippen LogP contribution in [0, 0.1) is 6.92 Å². The normalized spacial score (nSPS) is 12.2. The Labute approximate surface area is 141 Å². The van der Waals surface area contributed by atoms with Crippen molar-refractivity contribution in [1.82, 2.24) is 9.78 Å². The number of benzene rings is 1. The summed E-state index contributed by atoms with van der Waals surface area (Å²) in [6, 6.07) is 3.99. The maximum atomic E-state index is 12.6. The Morgan fingerprint density at radius 1 is 1.25 bits per heavy atom. The van der Waals surface area contributed by atoms with Gasteiger partial charge < -0.3 is 4.74 Å². The summed E-state index contributed by atoms with van der Waals surface area (Å²) < 4.78 is 57.6. The molecule has 2 rings (SSSR count). The molecular formula is C14H19N3O5S2. The summed E-state index contributed by atoms with van der Waals surface area (Å²) in [5.41, 5.74) is 0.653. The SMILES string of the molecule is CCOc1cc(S(C)(=O)=O)ccc1NS(=O)(=O)c1c(C)cnn1C. The molecule has 1 N–H and O–H groups in total. The molecule has 0 atom stereocenters. The molecule has 0 amide bonds. The average Bonchev–Trinajstić information content (AvgIpc) is 2.79. The fraction of sp³-hybridized carbons (Fsp3) is 0.357. The fourth-order valence-electron chi connectivity index (χ4n) is 2.21. The van der Waals surface area contributed by atoms with Gasteiger partial charge in [0.05, 0.1) is 23.4 Å². The molecule has 0 unspecified atom stereocenters. The topological polar surface area (TPSA) is 107 Å². The van der Waals surface area contributed by atoms with Gasteiger partial charge in [-0.3, -0.25) is 9.40 Å². The second kappa shape index (κ2) is 6.44. The highest BCUT2D eigenvalue weighted by atomic mass is 32.2. The minimum absolute atomic E-state index is 0.0251. The highest BCUT2D eigenvalue weighted by molar-refractivity contribution is 7.92. The van der Waals surface area contributed by atoms with Gasteiger partial charge in [-0.05, 0) is 26.0 Å². The number of hydrogen-bond donors (Lipinski definition) is 1. The molecule has 1 aromatic carbocycles. The van der Waals surface area contributed by atoms with E-state index >= 15 is 0 Å². The minimum atomic E-state index is -3.90. The lowest BCUT2D eigenvalue weighted by Gasteiger charge is -2.14. The molecule has 0 aliphatic rings. The van der Waals surface area contributed by atoms with Crippen LogP contribution >= 0.6 is 0 Å². The molecular weight excluding hydrogens is 354 g/mol. The Morgan fingerprint density at radius 3 is 2.42 bits per heavy atom. The highest BCUT2D eigenvalue weighted by Gasteiger charge is 2.23. The van der Waals surface area contributed by atoms with E-state index in [4.69, 9.17) is 4.74 Å². The Hall–Kier alpha value is -2.07. The van der Waals surface area contributed by atoms with Crippen molar-refractivity contribution in [3.63, 3.8) is 0 Å². The van der Waals surface area contributed by atoms with E-state index < -0.39 is 19.9 Å². The molecule has 0 aliphatic carbocycles. The lowest BCUT2D eigenvalue weighted by molar-refractivity contribution is 0.341. The first-order chi connectivity index (χ1) is 11.1. The zero-order valence-electron chi connectivity index (χ0n) is 13.8. The number of aryl methyl sites for hydroxylation is 2. The summed E-state index contributed by atoms with van der Waals surface area (Å²) >= 11 is 0. The van der Waals surface area contributed by atoms with Crippen molar-refractivity contribution in [2.75, 3.05) is 17.6 Å². The predicted molar refractivity (Wildman–Crippen MR) is 89.5 cm³/mol. The van der Waals surface area contributed by atoms with E-state index in [9.17, 15) is 16.8 Å². The third-order valence-electron chi connectivity index (χ3n) is 3.24. The van der Waals surface area contributed by atoms with Gasteiger partial charge in [0, 0.05) is 24.9 Å². The number of aromatic nitrogens is 2. The number of sulfonamides is 1. The standard InChI is InChI=1S/C14H19N3O5S2/c1-5-22-13-8-11(23(4,18)19)6-7-12(13)16-24(20,21)14-10(2)9-15-17(14)3/h6-9,16H,5H2,1-4H3. The van der Waals surface area contributed by atoms with E-state index in [1.165, 1.54) is 36.1 Å². The van der Waals surface area contributed by atoms with E-state index in [2.05, 4.69) is 9.82 Å². The van der Waals surface area contributed by atoms with Gasteiger partial charge in [0.2, 0.25) is 0 Å². The molecule has 0 aliphatic heterocycles. The molecule has 24 heavy (non-hydrogen) atoms. The van der Waals surface area contributed by atoms with Crippen LogP contribution in [0.5, 0.6) is 5.75 Å². The zero-order valence-corrected chi connectivity index (χ0v) is 15.4. The molecule has 10 heteroatoms. The maximum Gasteiger partial charge on any atom is 0.279 e. The second-order valence-corrected chi connectivity index (χ2v) is 8.84. The molecule has 1 heterocycles. The van der Waals surface area contributed by atoms with E-state index in [-0.39, 0.29) is 28.0 Å². The Morgan fingerprint density at radius 2 is 1.92 bits per heavy atom. The van der Waals surface area contributed by atoms with Crippen LogP contribution < -0.4 is 9.46 Å². The number of nitrogens with one attached hydrogen (secondary N) is 1. The van der Waals surface area contributed by atoms with Crippen LogP contribution in [0.15, 0.2) is 34.3 Å². The van der Waals surface area contributed by atoms with Crippen LogP contribution in [-0.2, 0) is 26.9 Å². The number of ether oxygens (including phenoxy) is 1. The molecule has 2 aromatic rings. The second-order valence-electron chi connectivity index (χ2n) is 5.22. The first kappa shape index (κ1) is 18.3. The van der Waals surface area contributed by atoms with Crippen molar-refractivity contribution < 1.29 is 21.6 Å². The molecule has 0 radical (unpaired) electrons. The maximum absolute atomic E-state index is 12.6. The van der Waals surface area contributed by atoms with Crippen LogP contribution in [0.2, 0.25) is 0 Å². The van der Waals surface area contributed by atoms with Gasteiger partial charge in [-0.25, -0.2) is 8.42 Å². The summed E-state index contributed by atoms with van der Waals surface area (Å²) in [5.74, 6) is 0.142. The summed E-state index contributed by atoms with van der Waals surface area (Å²) in [6.45, 7) is 3.61. The Bertz CT molecular complexity index is 943. The van der Waals surface area contributed by atoms with Crippen molar-refractivity contribution in [3.8, 4) is 5.75 Å². The lowest BCUT2D eigenvalue weighted by atomic mass is 10.3. The van der Waals surface area contributed by atoms with Crippen LogP contribution in [0.1, 0.15) is 12.5 Å². The summed E-state index contributed by atoms with van der Waals surface area (Å²) in [7, 11) is -5.81. The quantitative estimate of drug-likeness (QED) is 0.818. The number of hydrogen-bond acceptors (Lipinski definition) is 6. The third-order valence-corrected chi connectivity index (χ3v) is 5.93. The third kappa shape index (κ3) is 3.70. The monoisotopic (exact) mass is 373 g/mol. The van der Waals surface area contributed by atoms with Crippen molar-refractivity contribution in [2.45, 2.75) is 23.8 Å². The Kier molecular flexibility index (Phi) is 4.90. The predicted octanol–water partition coefficient (Wildman–Crippen LogP) is 1.33. The van der Waals surface area contributed by atoms with Gasteiger partial charge in [0.15, 0.2) is 14.9 Å². The molecule has 1 aromatic heterocycles. The molecule has 0 spiro atoms. The lowest BCUT2D eigenvalue weighted by Crippen LogP contribution is -2.18. The number of sulfone groups is 1. The number of anilines is 1. The number of rotatable bonds is 6. The van der Waals surface area contributed by atoms with Crippen molar-refractivity contribution in [1.29, 1.82) is 0 Å². The molecule has 0 saturated heterocycles. The summed E-state index contributed by atoms with van der Waals surface area (Å²) in [5, 5.41) is 3.94. The molecule has 0 bridgehead atoms. The van der Waals surface area contributed by atoms with Crippen LogP contribution in [0.3, 0.4) is 0 Å². The molecule has 8 nitrogen and oxygen atoms in total. The zero-order chi connectivity index (χ0) is 18.1. The van der Waals surface area contributed by atoms with Crippen LogP contribution in [0.25, 0.3) is 0 Å². The Balaban J connectivity index is 2.49. The van der Waals surface area contributed by atoms with Gasteiger partial charge in [-0.2, -0.15) is 13.5 Å². The molecule has 0 saturated carbocycles. The van der Waals surface area contributed by atoms with Crippen molar-refractivity contribution >= 4 is 25.5 Å². The average molecular weight is 373 g/mol. The summed E-state index contributed by atoms with van der Waals surface area (Å²) in [4.78, 5) is 0.0469. The van der Waals surface area contributed by atoms with Gasteiger partial charge in [-0.15, -0.1) is 0 Å². The van der Waals surface area contributed by atoms with E-state index in [1.807, 2.05) is 0 Å². The van der Waals surface area contributed by atoms with Gasteiger partial charge in [-0.1, -0.05) is 0 Å². The fourth-order valence-corrected chi connectivity index (χ4v) is 4.27. The van der Waals surface area contributed by atoms with E-state index in [0.717, 1.165) is 6.26 Å². The van der Waals surface area contributed by atoms with Gasteiger partial charge in [0.25, 0.3) is 10.0 Å². The molecule has 132 valence electrons. The first-order valence-corrected chi connectivity index (χ1v) is 10.4. The van der Waals surface area contributed by atoms with Gasteiger partial charge in [0.1, 0.15) is 5.75 Å². The van der Waals surface area contributed by atoms with E-state index in [1.54, 1.807) is 13.8 Å². The molecule has 0 fully saturated rings. The van der Waals surface area contributed by atoms with Crippen molar-refractivity contribution in [2.24, 2.45) is 7.05 Å².